The molecule has 1 heterocycles. The molecule has 0 aromatic heterocycles. The molecule has 80 valence electrons. The molecule has 4 heteroatoms. The zero-order chi connectivity index (χ0) is 10.8. The summed E-state index contributed by atoms with van der Waals surface area (Å²) in [7, 11) is 0. The lowest BCUT2D eigenvalue weighted by Gasteiger charge is -2.27. The third kappa shape index (κ3) is 2.13. The Morgan fingerprint density at radius 3 is 2.73 bits per heavy atom. The van der Waals surface area contributed by atoms with Crippen molar-refractivity contribution in [2.24, 2.45) is 5.73 Å². The van der Waals surface area contributed by atoms with Crippen LogP contribution in [0.4, 0.5) is 0 Å². The lowest BCUT2D eigenvalue weighted by atomic mass is 9.95. The Kier molecular flexibility index (Phi) is 2.93. The van der Waals surface area contributed by atoms with Gasteiger partial charge in [-0.15, -0.1) is 0 Å². The van der Waals surface area contributed by atoms with Crippen LogP contribution in [-0.4, -0.2) is 11.9 Å². The highest BCUT2D eigenvalue weighted by molar-refractivity contribution is 6.31. The normalized spacial score (nSPS) is 26.1. The van der Waals surface area contributed by atoms with Gasteiger partial charge in [-0.3, -0.25) is 4.79 Å². The topological polar surface area (TPSA) is 55.1 Å². The fourth-order valence-corrected chi connectivity index (χ4v) is 2.09. The summed E-state index contributed by atoms with van der Waals surface area (Å²) in [6.45, 7) is 0. The van der Waals surface area contributed by atoms with E-state index in [2.05, 4.69) is 5.32 Å². The first-order chi connectivity index (χ1) is 7.18. The maximum Gasteiger partial charge on any atom is 0.237 e. The molecule has 1 aromatic rings. The van der Waals surface area contributed by atoms with Crippen molar-refractivity contribution in [3.8, 4) is 0 Å². The highest BCUT2D eigenvalue weighted by atomic mass is 35.5. The summed E-state index contributed by atoms with van der Waals surface area (Å²) in [6, 6.07) is 7.20. The molecule has 0 saturated carbocycles. The molecule has 2 rings (SSSR count). The summed E-state index contributed by atoms with van der Waals surface area (Å²) in [6.07, 6.45) is 1.55. The van der Waals surface area contributed by atoms with E-state index < -0.39 is 0 Å². The Morgan fingerprint density at radius 1 is 1.33 bits per heavy atom. The standard InChI is InChI=1S/C11H13ClN2O/c12-8-4-2-1-3-7(8)10-6-5-9(13)11(15)14-10/h1-4,9-10H,5-6,13H2,(H,14,15). The molecule has 0 radical (unpaired) electrons. The van der Waals surface area contributed by atoms with Gasteiger partial charge in [0, 0.05) is 5.02 Å². The van der Waals surface area contributed by atoms with Crippen LogP contribution in [0.2, 0.25) is 5.02 Å². The third-order valence-corrected chi connectivity index (χ3v) is 3.04. The van der Waals surface area contributed by atoms with Crippen molar-refractivity contribution in [1.82, 2.24) is 5.32 Å². The molecule has 15 heavy (non-hydrogen) atoms. The molecule has 1 aliphatic rings. The molecule has 0 spiro atoms. The van der Waals surface area contributed by atoms with E-state index in [1.807, 2.05) is 24.3 Å². The summed E-state index contributed by atoms with van der Waals surface area (Å²) >= 11 is 6.06. The Balaban J connectivity index is 2.19. The minimum Gasteiger partial charge on any atom is -0.348 e. The number of piperidine rings is 1. The van der Waals surface area contributed by atoms with Crippen molar-refractivity contribution in [2.45, 2.75) is 24.9 Å². The van der Waals surface area contributed by atoms with Gasteiger partial charge in [0.25, 0.3) is 0 Å². The molecular formula is C11H13ClN2O. The van der Waals surface area contributed by atoms with Crippen LogP contribution in [0.3, 0.4) is 0 Å². The number of halogens is 1. The highest BCUT2D eigenvalue weighted by Crippen LogP contribution is 2.28. The molecule has 0 bridgehead atoms. The van der Waals surface area contributed by atoms with Crippen molar-refractivity contribution < 1.29 is 4.79 Å². The summed E-state index contributed by atoms with van der Waals surface area (Å²) in [4.78, 5) is 11.4. The van der Waals surface area contributed by atoms with Gasteiger partial charge in [-0.25, -0.2) is 0 Å². The zero-order valence-corrected chi connectivity index (χ0v) is 9.00. The van der Waals surface area contributed by atoms with Crippen LogP contribution in [0.1, 0.15) is 24.4 Å². The number of benzene rings is 1. The van der Waals surface area contributed by atoms with Gasteiger partial charge in [0.2, 0.25) is 5.91 Å². The smallest absolute Gasteiger partial charge is 0.237 e. The molecule has 1 aromatic carbocycles. The Labute approximate surface area is 93.6 Å². The molecule has 3 nitrogen and oxygen atoms in total. The second-order valence-electron chi connectivity index (χ2n) is 3.77. The van der Waals surface area contributed by atoms with Crippen molar-refractivity contribution in [1.29, 1.82) is 0 Å². The number of carbonyl (C=O) groups excluding carboxylic acids is 1. The summed E-state index contributed by atoms with van der Waals surface area (Å²) in [5.41, 5.74) is 6.58. The van der Waals surface area contributed by atoms with E-state index in [1.165, 1.54) is 0 Å². The average Bonchev–Trinajstić information content (AvgIpc) is 2.23. The maximum absolute atomic E-state index is 11.4. The quantitative estimate of drug-likeness (QED) is 0.762. The highest BCUT2D eigenvalue weighted by Gasteiger charge is 2.26. The van der Waals surface area contributed by atoms with Crippen LogP contribution < -0.4 is 11.1 Å². The number of amides is 1. The Bertz CT molecular complexity index is 381. The van der Waals surface area contributed by atoms with E-state index >= 15 is 0 Å². The molecule has 2 unspecified atom stereocenters. The molecule has 1 saturated heterocycles. The number of nitrogens with one attached hydrogen (secondary N) is 1. The first-order valence-electron chi connectivity index (χ1n) is 4.99. The van der Waals surface area contributed by atoms with Crippen LogP contribution in [0.5, 0.6) is 0 Å². The van der Waals surface area contributed by atoms with Crippen molar-refractivity contribution in [3.05, 3.63) is 34.9 Å². The molecule has 2 atom stereocenters. The lowest BCUT2D eigenvalue weighted by molar-refractivity contribution is -0.124. The second kappa shape index (κ2) is 4.21. The number of nitrogens with two attached hydrogens (primary N) is 1. The number of hydrogen-bond donors (Lipinski definition) is 2. The van der Waals surface area contributed by atoms with Crippen LogP contribution in [-0.2, 0) is 4.79 Å². The van der Waals surface area contributed by atoms with E-state index in [0.717, 1.165) is 12.0 Å². The average molecular weight is 225 g/mol. The van der Waals surface area contributed by atoms with Crippen molar-refractivity contribution >= 4 is 17.5 Å². The molecule has 0 aliphatic carbocycles. The van der Waals surface area contributed by atoms with Crippen LogP contribution >= 0.6 is 11.6 Å². The van der Waals surface area contributed by atoms with Gasteiger partial charge in [0.1, 0.15) is 0 Å². The minimum atomic E-state index is -0.372. The molecule has 1 fully saturated rings. The zero-order valence-electron chi connectivity index (χ0n) is 8.24. The SMILES string of the molecule is NC1CCC(c2ccccc2Cl)NC1=O. The third-order valence-electron chi connectivity index (χ3n) is 2.70. The van der Waals surface area contributed by atoms with Gasteiger partial charge >= 0.3 is 0 Å². The Hall–Kier alpha value is -1.06. The predicted octanol–water partition coefficient (Wildman–Crippen LogP) is 1.62. The van der Waals surface area contributed by atoms with Gasteiger partial charge in [-0.05, 0) is 24.5 Å². The minimum absolute atomic E-state index is 0.00556. The van der Waals surface area contributed by atoms with E-state index in [9.17, 15) is 4.79 Å². The fraction of sp³-hybridized carbons (Fsp3) is 0.364. The first-order valence-corrected chi connectivity index (χ1v) is 5.36. The molecule has 1 aliphatic heterocycles. The molecule has 3 N–H and O–H groups in total. The van der Waals surface area contributed by atoms with Gasteiger partial charge < -0.3 is 11.1 Å². The summed E-state index contributed by atoms with van der Waals surface area (Å²) < 4.78 is 0. The largest absolute Gasteiger partial charge is 0.348 e. The van der Waals surface area contributed by atoms with Gasteiger partial charge in [-0.2, -0.15) is 0 Å². The van der Waals surface area contributed by atoms with E-state index in [-0.39, 0.29) is 18.0 Å². The van der Waals surface area contributed by atoms with Crippen LogP contribution in [0, 0.1) is 0 Å². The van der Waals surface area contributed by atoms with E-state index in [1.54, 1.807) is 0 Å². The Morgan fingerprint density at radius 2 is 2.07 bits per heavy atom. The molecular weight excluding hydrogens is 212 g/mol. The van der Waals surface area contributed by atoms with Crippen LogP contribution in [0.25, 0.3) is 0 Å². The van der Waals surface area contributed by atoms with E-state index in [0.29, 0.717) is 11.4 Å². The maximum atomic E-state index is 11.4. The number of rotatable bonds is 1. The van der Waals surface area contributed by atoms with Gasteiger partial charge in [0.05, 0.1) is 12.1 Å². The second-order valence-corrected chi connectivity index (χ2v) is 4.17. The van der Waals surface area contributed by atoms with E-state index in [4.69, 9.17) is 17.3 Å². The predicted molar refractivity (Wildman–Crippen MR) is 59.5 cm³/mol. The number of hydrogen-bond acceptors (Lipinski definition) is 2. The summed E-state index contributed by atoms with van der Waals surface area (Å²) in [5.74, 6) is -0.0915. The van der Waals surface area contributed by atoms with Crippen LogP contribution in [0.15, 0.2) is 24.3 Å². The molecule has 1 amide bonds. The van der Waals surface area contributed by atoms with Gasteiger partial charge in [-0.1, -0.05) is 29.8 Å². The monoisotopic (exact) mass is 224 g/mol. The van der Waals surface area contributed by atoms with Crippen molar-refractivity contribution in [2.75, 3.05) is 0 Å². The number of carbonyl (C=O) groups is 1. The first kappa shape index (κ1) is 10.5. The lowest BCUT2D eigenvalue weighted by Crippen LogP contribution is -2.46. The van der Waals surface area contributed by atoms with Crippen molar-refractivity contribution in [3.63, 3.8) is 0 Å². The van der Waals surface area contributed by atoms with Gasteiger partial charge in [0.15, 0.2) is 0 Å². The summed E-state index contributed by atoms with van der Waals surface area (Å²) in [5, 5.41) is 3.57. The fourth-order valence-electron chi connectivity index (χ4n) is 1.82.